The number of hydrogen-bond acceptors (Lipinski definition) is 6. The van der Waals surface area contributed by atoms with E-state index in [9.17, 15) is 9.59 Å². The maximum atomic E-state index is 12.5. The van der Waals surface area contributed by atoms with Gasteiger partial charge in [0.1, 0.15) is 11.5 Å². The number of hydrogen-bond donors (Lipinski definition) is 0. The van der Waals surface area contributed by atoms with Gasteiger partial charge in [-0.3, -0.25) is 9.20 Å². The molecule has 3 aromatic rings. The van der Waals surface area contributed by atoms with E-state index >= 15 is 0 Å². The van der Waals surface area contributed by atoms with Crippen molar-refractivity contribution < 1.29 is 9.53 Å². The van der Waals surface area contributed by atoms with E-state index in [-0.39, 0.29) is 18.1 Å². The van der Waals surface area contributed by atoms with Crippen LogP contribution in [-0.4, -0.2) is 15.4 Å². The summed E-state index contributed by atoms with van der Waals surface area (Å²) in [5.74, 6) is -0.356. The number of esters is 1. The van der Waals surface area contributed by atoms with Gasteiger partial charge in [0.15, 0.2) is 4.96 Å². The molecule has 4 rings (SSSR count). The highest BCUT2D eigenvalue weighted by atomic mass is 32.1. The first-order chi connectivity index (χ1) is 12.6. The van der Waals surface area contributed by atoms with Gasteiger partial charge in [-0.05, 0) is 50.7 Å². The lowest BCUT2D eigenvalue weighted by Gasteiger charge is -2.10. The van der Waals surface area contributed by atoms with Gasteiger partial charge in [0.25, 0.3) is 5.56 Å². The summed E-state index contributed by atoms with van der Waals surface area (Å²) < 4.78 is 7.12. The number of thiazole rings is 1. The number of ether oxygens (including phenoxy) is 1. The Bertz CT molecular complexity index is 1050. The fraction of sp³-hybridized carbons (Fsp3) is 0.421. The fourth-order valence-corrected chi connectivity index (χ4v) is 5.64. The van der Waals surface area contributed by atoms with Crippen LogP contribution in [0.4, 0.5) is 0 Å². The summed E-state index contributed by atoms with van der Waals surface area (Å²) in [7, 11) is 0. The highest BCUT2D eigenvalue weighted by Crippen LogP contribution is 2.28. The summed E-state index contributed by atoms with van der Waals surface area (Å²) in [4.78, 5) is 33.1. The van der Waals surface area contributed by atoms with Crippen LogP contribution in [0.5, 0.6) is 0 Å². The first-order valence-electron chi connectivity index (χ1n) is 8.86. The fourth-order valence-electron chi connectivity index (χ4n) is 3.40. The van der Waals surface area contributed by atoms with Crippen molar-refractivity contribution in [2.75, 3.05) is 0 Å². The van der Waals surface area contributed by atoms with E-state index < -0.39 is 0 Å². The van der Waals surface area contributed by atoms with Crippen LogP contribution in [0.2, 0.25) is 0 Å². The lowest BCUT2D eigenvalue weighted by atomic mass is 10.0. The van der Waals surface area contributed by atoms with Crippen LogP contribution in [0.1, 0.15) is 56.1 Å². The van der Waals surface area contributed by atoms with Crippen molar-refractivity contribution in [3.8, 4) is 0 Å². The van der Waals surface area contributed by atoms with Crippen molar-refractivity contribution in [1.29, 1.82) is 0 Å². The van der Waals surface area contributed by atoms with Crippen molar-refractivity contribution in [2.24, 2.45) is 0 Å². The third-order valence-electron chi connectivity index (χ3n) is 4.71. The normalized spacial score (nSPS) is 13.8. The predicted octanol–water partition coefficient (Wildman–Crippen LogP) is 3.92. The smallest absolute Gasteiger partial charge is 0.348 e. The molecule has 0 saturated heterocycles. The molecule has 1 aliphatic rings. The minimum atomic E-state index is -0.356. The predicted molar refractivity (Wildman–Crippen MR) is 104 cm³/mol. The van der Waals surface area contributed by atoms with E-state index in [0.717, 1.165) is 36.9 Å². The van der Waals surface area contributed by atoms with E-state index in [0.29, 0.717) is 15.5 Å². The average molecular weight is 389 g/mol. The second-order valence-corrected chi connectivity index (χ2v) is 8.73. The molecular formula is C19H20N2O3S2. The zero-order valence-corrected chi connectivity index (χ0v) is 16.5. The van der Waals surface area contributed by atoms with E-state index in [2.05, 4.69) is 11.9 Å². The number of carbonyl (C=O) groups is 1. The maximum absolute atomic E-state index is 12.5. The zero-order chi connectivity index (χ0) is 18.3. The van der Waals surface area contributed by atoms with Crippen molar-refractivity contribution >= 4 is 33.6 Å². The second-order valence-electron chi connectivity index (χ2n) is 6.53. The zero-order valence-electron chi connectivity index (χ0n) is 14.8. The first kappa shape index (κ1) is 17.4. The van der Waals surface area contributed by atoms with Gasteiger partial charge < -0.3 is 4.74 Å². The van der Waals surface area contributed by atoms with Gasteiger partial charge in [-0.2, -0.15) is 0 Å². The third kappa shape index (κ3) is 3.10. The Morgan fingerprint density at radius 2 is 2.08 bits per heavy atom. The molecule has 0 saturated carbocycles. The Hall–Kier alpha value is -1.99. The molecule has 3 heterocycles. The standard InChI is InChI=1S/C19H20N2O3S2/c1-3-14-11(2)8-16(25-14)18(23)24-10-12-9-17(22)21-13-6-4-5-7-15(13)26-19(21)20-12/h8-9H,3-7,10H2,1-2H3. The van der Waals surface area contributed by atoms with Crippen LogP contribution in [0.25, 0.3) is 4.96 Å². The number of aromatic nitrogens is 2. The van der Waals surface area contributed by atoms with Crippen LogP contribution in [0, 0.1) is 6.92 Å². The van der Waals surface area contributed by atoms with Crippen LogP contribution in [0.3, 0.4) is 0 Å². The molecule has 0 fully saturated rings. The Kier molecular flexibility index (Phi) is 4.67. The minimum absolute atomic E-state index is 0.0194. The number of thiophene rings is 1. The van der Waals surface area contributed by atoms with Crippen molar-refractivity contribution in [1.82, 2.24) is 9.38 Å². The van der Waals surface area contributed by atoms with Crippen molar-refractivity contribution in [3.63, 3.8) is 0 Å². The molecular weight excluding hydrogens is 368 g/mol. The summed E-state index contributed by atoms with van der Waals surface area (Å²) in [6.07, 6.45) is 5.14. The van der Waals surface area contributed by atoms with Crippen LogP contribution in [-0.2, 0) is 30.6 Å². The average Bonchev–Trinajstić information content (AvgIpc) is 3.19. The number of carbonyl (C=O) groups excluding carboxylic acids is 1. The molecule has 26 heavy (non-hydrogen) atoms. The third-order valence-corrected chi connectivity index (χ3v) is 7.21. The van der Waals surface area contributed by atoms with E-state index in [1.165, 1.54) is 33.6 Å². The summed E-state index contributed by atoms with van der Waals surface area (Å²) >= 11 is 3.05. The Labute approximate surface area is 159 Å². The molecule has 0 N–H and O–H groups in total. The summed E-state index contributed by atoms with van der Waals surface area (Å²) in [5, 5.41) is 0. The molecule has 0 atom stereocenters. The maximum Gasteiger partial charge on any atom is 0.348 e. The van der Waals surface area contributed by atoms with Gasteiger partial charge in [0, 0.05) is 21.5 Å². The summed E-state index contributed by atoms with van der Waals surface area (Å²) in [6, 6.07) is 3.35. The Morgan fingerprint density at radius 3 is 2.85 bits per heavy atom. The molecule has 0 bridgehead atoms. The molecule has 0 aliphatic heterocycles. The molecule has 0 radical (unpaired) electrons. The SMILES string of the molecule is CCc1sc(C(=O)OCc2cc(=O)n3c4c(sc3n2)CCCC4)cc1C. The van der Waals surface area contributed by atoms with E-state index in [1.807, 2.05) is 13.0 Å². The van der Waals surface area contributed by atoms with Gasteiger partial charge in [-0.15, -0.1) is 22.7 Å². The second kappa shape index (κ2) is 6.96. The van der Waals surface area contributed by atoms with E-state index in [4.69, 9.17) is 4.74 Å². The number of rotatable bonds is 4. The largest absolute Gasteiger partial charge is 0.455 e. The van der Waals surface area contributed by atoms with Gasteiger partial charge in [0.05, 0.1) is 5.69 Å². The quantitative estimate of drug-likeness (QED) is 0.636. The summed E-state index contributed by atoms with van der Waals surface area (Å²) in [5.41, 5.74) is 2.65. The Morgan fingerprint density at radius 1 is 1.27 bits per heavy atom. The Balaban J connectivity index is 1.55. The summed E-state index contributed by atoms with van der Waals surface area (Å²) in [6.45, 7) is 4.09. The van der Waals surface area contributed by atoms with Gasteiger partial charge in [0.2, 0.25) is 0 Å². The monoisotopic (exact) mass is 388 g/mol. The van der Waals surface area contributed by atoms with Gasteiger partial charge >= 0.3 is 5.97 Å². The number of aryl methyl sites for hydroxylation is 4. The van der Waals surface area contributed by atoms with Crippen molar-refractivity contribution in [3.05, 3.63) is 54.1 Å². The lowest BCUT2D eigenvalue weighted by molar-refractivity contribution is 0.0473. The molecule has 136 valence electrons. The minimum Gasteiger partial charge on any atom is -0.455 e. The van der Waals surface area contributed by atoms with Crippen molar-refractivity contribution in [2.45, 2.75) is 52.6 Å². The van der Waals surface area contributed by atoms with Crippen LogP contribution >= 0.6 is 22.7 Å². The molecule has 0 unspecified atom stereocenters. The highest BCUT2D eigenvalue weighted by Gasteiger charge is 2.19. The number of fused-ring (bicyclic) bond motifs is 3. The van der Waals surface area contributed by atoms with Crippen LogP contribution in [0.15, 0.2) is 16.9 Å². The number of nitrogens with zero attached hydrogens (tertiary/aromatic N) is 2. The van der Waals surface area contributed by atoms with E-state index in [1.54, 1.807) is 15.7 Å². The molecule has 7 heteroatoms. The van der Waals surface area contributed by atoms with Gasteiger partial charge in [-0.1, -0.05) is 6.92 Å². The molecule has 3 aromatic heterocycles. The topological polar surface area (TPSA) is 60.7 Å². The molecule has 0 amide bonds. The molecule has 0 aromatic carbocycles. The van der Waals surface area contributed by atoms with Gasteiger partial charge in [-0.25, -0.2) is 9.78 Å². The van der Waals surface area contributed by atoms with Crippen LogP contribution < -0.4 is 5.56 Å². The first-order valence-corrected chi connectivity index (χ1v) is 10.5. The lowest BCUT2D eigenvalue weighted by Crippen LogP contribution is -2.18. The molecule has 5 nitrogen and oxygen atoms in total. The molecule has 1 aliphatic carbocycles. The molecule has 0 spiro atoms. The highest BCUT2D eigenvalue weighted by molar-refractivity contribution is 7.17.